The van der Waals surface area contributed by atoms with E-state index in [-0.39, 0.29) is 23.8 Å². The fourth-order valence-electron chi connectivity index (χ4n) is 3.16. The summed E-state index contributed by atoms with van der Waals surface area (Å²) < 4.78 is 29.8. The van der Waals surface area contributed by atoms with Gasteiger partial charge >= 0.3 is 0 Å². The Hall–Kier alpha value is -3.06. The van der Waals surface area contributed by atoms with Gasteiger partial charge in [0.15, 0.2) is 0 Å². The quantitative estimate of drug-likeness (QED) is 0.424. The predicted octanol–water partition coefficient (Wildman–Crippen LogP) is 5.61. The molecule has 0 saturated heterocycles. The molecule has 0 bridgehead atoms. The number of aromatic nitrogens is 2. The van der Waals surface area contributed by atoms with Crippen LogP contribution < -0.4 is 5.32 Å². The van der Waals surface area contributed by atoms with Crippen LogP contribution in [0.2, 0.25) is 0 Å². The maximum Gasteiger partial charge on any atom is 0.224 e. The number of fused-ring (bicyclic) bond motifs is 1. The minimum atomic E-state index is -0.505. The molecule has 4 aromatic rings. The predicted molar refractivity (Wildman–Crippen MR) is 112 cm³/mol. The standard InChI is InChI=1S/C22H16BrF2N3O/c23-15-6-9-18(17(25)13-15)26-21(29)11-10-19-22(14-4-7-16(24)8-5-14)27-20-3-1-2-12-28(19)20/h1-9,12-13H,10-11H2,(H,26,29). The van der Waals surface area contributed by atoms with Gasteiger partial charge in [0, 0.05) is 22.7 Å². The average Bonchev–Trinajstić information content (AvgIpc) is 3.08. The maximum absolute atomic E-state index is 14.0. The van der Waals surface area contributed by atoms with Crippen molar-refractivity contribution in [3.63, 3.8) is 0 Å². The van der Waals surface area contributed by atoms with E-state index in [0.717, 1.165) is 16.9 Å². The van der Waals surface area contributed by atoms with E-state index in [0.29, 0.717) is 16.6 Å². The lowest BCUT2D eigenvalue weighted by molar-refractivity contribution is -0.116. The highest BCUT2D eigenvalue weighted by atomic mass is 79.9. The summed E-state index contributed by atoms with van der Waals surface area (Å²) in [6.07, 6.45) is 2.41. The molecule has 0 unspecified atom stereocenters. The van der Waals surface area contributed by atoms with Crippen molar-refractivity contribution in [1.82, 2.24) is 9.38 Å². The molecule has 1 amide bonds. The number of benzene rings is 2. The van der Waals surface area contributed by atoms with E-state index in [9.17, 15) is 13.6 Å². The lowest BCUT2D eigenvalue weighted by Crippen LogP contribution is -2.14. The van der Waals surface area contributed by atoms with E-state index in [4.69, 9.17) is 0 Å². The Morgan fingerprint density at radius 1 is 1.07 bits per heavy atom. The van der Waals surface area contributed by atoms with Crippen LogP contribution in [0.1, 0.15) is 12.1 Å². The van der Waals surface area contributed by atoms with Gasteiger partial charge in [-0.05, 0) is 61.0 Å². The second-order valence-electron chi connectivity index (χ2n) is 6.52. The number of hydrogen-bond donors (Lipinski definition) is 1. The van der Waals surface area contributed by atoms with E-state index < -0.39 is 5.82 Å². The van der Waals surface area contributed by atoms with E-state index >= 15 is 0 Å². The molecule has 1 N–H and O–H groups in total. The van der Waals surface area contributed by atoms with Gasteiger partial charge in [0.05, 0.1) is 17.1 Å². The molecule has 0 aliphatic carbocycles. The first kappa shape index (κ1) is 19.3. The number of halogens is 3. The van der Waals surface area contributed by atoms with Crippen molar-refractivity contribution in [2.24, 2.45) is 0 Å². The Morgan fingerprint density at radius 3 is 2.62 bits per heavy atom. The number of nitrogens with one attached hydrogen (secondary N) is 1. The van der Waals surface area contributed by atoms with Crippen LogP contribution in [0.25, 0.3) is 16.9 Å². The zero-order chi connectivity index (χ0) is 20.4. The Kier molecular flexibility index (Phi) is 5.40. The molecule has 2 heterocycles. The normalized spacial score (nSPS) is 11.0. The van der Waals surface area contributed by atoms with Gasteiger partial charge < -0.3 is 9.72 Å². The first-order chi connectivity index (χ1) is 14.0. The number of hydrogen-bond acceptors (Lipinski definition) is 2. The summed E-state index contributed by atoms with van der Waals surface area (Å²) in [5, 5.41) is 2.60. The molecule has 146 valence electrons. The molecule has 0 atom stereocenters. The van der Waals surface area contributed by atoms with Crippen molar-refractivity contribution >= 4 is 33.2 Å². The molecular weight excluding hydrogens is 440 g/mol. The molecule has 0 spiro atoms. The molecule has 0 fully saturated rings. The molecule has 0 radical (unpaired) electrons. The van der Waals surface area contributed by atoms with Crippen molar-refractivity contribution < 1.29 is 13.6 Å². The summed E-state index contributed by atoms with van der Waals surface area (Å²) >= 11 is 3.19. The minimum absolute atomic E-state index is 0.134. The van der Waals surface area contributed by atoms with E-state index in [1.807, 2.05) is 28.8 Å². The molecule has 0 aliphatic heterocycles. The second kappa shape index (κ2) is 8.13. The number of amides is 1. The molecule has 0 aliphatic rings. The molecule has 2 aromatic heterocycles. The van der Waals surface area contributed by atoms with Gasteiger partial charge in [-0.25, -0.2) is 13.8 Å². The molecule has 4 nitrogen and oxygen atoms in total. The molecule has 2 aromatic carbocycles. The van der Waals surface area contributed by atoms with Gasteiger partial charge in [0.1, 0.15) is 17.3 Å². The zero-order valence-corrected chi connectivity index (χ0v) is 16.8. The molecule has 7 heteroatoms. The summed E-state index contributed by atoms with van der Waals surface area (Å²) in [4.78, 5) is 17.0. The van der Waals surface area contributed by atoms with Crippen molar-refractivity contribution in [3.8, 4) is 11.3 Å². The minimum Gasteiger partial charge on any atom is -0.324 e. The maximum atomic E-state index is 14.0. The molecule has 4 rings (SSSR count). The van der Waals surface area contributed by atoms with Crippen LogP contribution in [-0.2, 0) is 11.2 Å². The third kappa shape index (κ3) is 4.19. The van der Waals surface area contributed by atoms with Crippen molar-refractivity contribution in [2.75, 3.05) is 5.32 Å². The summed E-state index contributed by atoms with van der Waals surface area (Å²) in [6, 6.07) is 16.2. The highest BCUT2D eigenvalue weighted by molar-refractivity contribution is 9.10. The van der Waals surface area contributed by atoms with Crippen molar-refractivity contribution in [2.45, 2.75) is 12.8 Å². The van der Waals surface area contributed by atoms with Gasteiger partial charge in [0.25, 0.3) is 0 Å². The second-order valence-corrected chi connectivity index (χ2v) is 7.43. The number of carbonyl (C=O) groups excluding carboxylic acids is 1. The Labute approximate surface area is 174 Å². The highest BCUT2D eigenvalue weighted by Crippen LogP contribution is 2.26. The van der Waals surface area contributed by atoms with E-state index in [2.05, 4.69) is 26.2 Å². The number of anilines is 1. The van der Waals surface area contributed by atoms with Crippen LogP contribution in [0.5, 0.6) is 0 Å². The van der Waals surface area contributed by atoms with Crippen LogP contribution in [-0.4, -0.2) is 15.3 Å². The lowest BCUT2D eigenvalue weighted by Gasteiger charge is -2.08. The summed E-state index contributed by atoms with van der Waals surface area (Å²) in [5.74, 6) is -1.13. The Morgan fingerprint density at radius 2 is 1.86 bits per heavy atom. The third-order valence-corrected chi connectivity index (χ3v) is 5.03. The van der Waals surface area contributed by atoms with E-state index in [1.165, 1.54) is 24.3 Å². The first-order valence-electron chi connectivity index (χ1n) is 8.98. The fraction of sp³-hybridized carbons (Fsp3) is 0.0909. The third-order valence-electron chi connectivity index (χ3n) is 4.54. The molecular formula is C22H16BrF2N3O. The number of imidazole rings is 1. The van der Waals surface area contributed by atoms with Gasteiger partial charge in [-0.15, -0.1) is 0 Å². The zero-order valence-electron chi connectivity index (χ0n) is 15.2. The van der Waals surface area contributed by atoms with Crippen LogP contribution >= 0.6 is 15.9 Å². The average molecular weight is 456 g/mol. The van der Waals surface area contributed by atoms with Crippen molar-refractivity contribution in [3.05, 3.63) is 88.7 Å². The monoisotopic (exact) mass is 455 g/mol. The van der Waals surface area contributed by atoms with Crippen LogP contribution in [0.4, 0.5) is 14.5 Å². The SMILES string of the molecule is O=C(CCc1c(-c2ccc(F)cc2)nc2ccccn12)Nc1ccc(Br)cc1F. The van der Waals surface area contributed by atoms with Crippen molar-refractivity contribution in [1.29, 1.82) is 0 Å². The summed E-state index contributed by atoms with van der Waals surface area (Å²) in [7, 11) is 0. The molecule has 0 saturated carbocycles. The van der Waals surface area contributed by atoms with Gasteiger partial charge in [0.2, 0.25) is 5.91 Å². The Balaban J connectivity index is 1.59. The largest absolute Gasteiger partial charge is 0.324 e. The number of rotatable bonds is 5. The fourth-order valence-corrected chi connectivity index (χ4v) is 3.49. The first-order valence-corrected chi connectivity index (χ1v) is 9.77. The van der Waals surface area contributed by atoms with Gasteiger partial charge in [-0.1, -0.05) is 22.0 Å². The smallest absolute Gasteiger partial charge is 0.224 e. The number of carbonyl (C=O) groups is 1. The van der Waals surface area contributed by atoms with Crippen LogP contribution in [0, 0.1) is 11.6 Å². The van der Waals surface area contributed by atoms with E-state index in [1.54, 1.807) is 18.2 Å². The summed E-state index contributed by atoms with van der Waals surface area (Å²) in [6.45, 7) is 0. The number of pyridine rings is 1. The molecule has 29 heavy (non-hydrogen) atoms. The van der Waals surface area contributed by atoms with Crippen LogP contribution in [0.3, 0.4) is 0 Å². The summed E-state index contributed by atoms with van der Waals surface area (Å²) in [5.41, 5.74) is 3.17. The number of nitrogens with zero attached hydrogens (tertiary/aromatic N) is 2. The van der Waals surface area contributed by atoms with Gasteiger partial charge in [-0.2, -0.15) is 0 Å². The van der Waals surface area contributed by atoms with Gasteiger partial charge in [-0.3, -0.25) is 4.79 Å². The topological polar surface area (TPSA) is 46.4 Å². The number of aryl methyl sites for hydroxylation is 1. The van der Waals surface area contributed by atoms with Crippen LogP contribution in [0.15, 0.2) is 71.3 Å². The highest BCUT2D eigenvalue weighted by Gasteiger charge is 2.16. The lowest BCUT2D eigenvalue weighted by atomic mass is 10.1. The Bertz CT molecular complexity index is 1190.